The van der Waals surface area contributed by atoms with Crippen LogP contribution in [0.1, 0.15) is 50.7 Å². The van der Waals surface area contributed by atoms with E-state index in [-0.39, 0.29) is 17.9 Å². The summed E-state index contributed by atoms with van der Waals surface area (Å²) in [5.74, 6) is -0.496. The van der Waals surface area contributed by atoms with Crippen molar-refractivity contribution < 1.29 is 28.3 Å². The molecule has 0 unspecified atom stereocenters. The molecular weight excluding hydrogens is 472 g/mol. The highest BCUT2D eigenvalue weighted by Crippen LogP contribution is 2.54. The standard InChI is InChI=1S/C29H34N2O6/c1-4-14-31-15-13-28(24-6-5-7-26(17-24)36-21(2)32)18-25(10-12-29(28,20-31)37-22(3)33)30-27(34)9-8-23-11-16-35-19-23/h4-9,11,16-17,19,25H,1,10,12-15,18,20H2,2-3H3,(H,30,34)/b9-8+/t25-,28-,29-/m0/s1. The number of nitrogens with zero attached hydrogens (tertiary/aromatic N) is 1. The molecule has 1 N–H and O–H groups in total. The molecule has 8 nitrogen and oxygen atoms in total. The Labute approximate surface area is 217 Å². The number of fused-ring (bicyclic) bond motifs is 1. The normalized spacial score (nSPS) is 25.7. The van der Waals surface area contributed by atoms with Gasteiger partial charge in [-0.3, -0.25) is 19.3 Å². The number of amides is 1. The maximum atomic E-state index is 12.8. The molecule has 1 aromatic carbocycles. The Morgan fingerprint density at radius 1 is 1.22 bits per heavy atom. The van der Waals surface area contributed by atoms with Crippen molar-refractivity contribution >= 4 is 23.9 Å². The summed E-state index contributed by atoms with van der Waals surface area (Å²) in [7, 11) is 0. The number of piperidine rings is 1. The number of furan rings is 1. The van der Waals surface area contributed by atoms with E-state index in [2.05, 4.69) is 16.8 Å². The van der Waals surface area contributed by atoms with Gasteiger partial charge in [0.1, 0.15) is 11.4 Å². The summed E-state index contributed by atoms with van der Waals surface area (Å²) in [6, 6.07) is 9.11. The SMILES string of the molecule is C=CCN1CC[C@@]2(c3cccc(OC(C)=O)c3)C[C@@H](NC(=O)/C=C/c3ccoc3)CC[C@]2(OC(C)=O)C1. The average molecular weight is 507 g/mol. The Morgan fingerprint density at radius 2 is 2.05 bits per heavy atom. The van der Waals surface area contributed by atoms with E-state index in [9.17, 15) is 14.4 Å². The van der Waals surface area contributed by atoms with E-state index in [4.69, 9.17) is 13.9 Å². The third kappa shape index (κ3) is 5.85. The lowest BCUT2D eigenvalue weighted by atomic mass is 9.55. The number of esters is 2. The zero-order valence-electron chi connectivity index (χ0n) is 21.4. The van der Waals surface area contributed by atoms with E-state index in [0.717, 1.165) is 17.7 Å². The first-order valence-electron chi connectivity index (χ1n) is 12.6. The first-order chi connectivity index (χ1) is 17.7. The molecule has 1 amide bonds. The molecule has 2 fully saturated rings. The Hall–Kier alpha value is -3.65. The zero-order valence-corrected chi connectivity index (χ0v) is 21.4. The summed E-state index contributed by atoms with van der Waals surface area (Å²) < 4.78 is 16.7. The molecule has 37 heavy (non-hydrogen) atoms. The van der Waals surface area contributed by atoms with Crippen molar-refractivity contribution in [2.24, 2.45) is 0 Å². The lowest BCUT2D eigenvalue weighted by molar-refractivity contribution is -0.186. The summed E-state index contributed by atoms with van der Waals surface area (Å²) in [5, 5.41) is 3.15. The molecule has 0 radical (unpaired) electrons. The number of rotatable bonds is 8. The average Bonchev–Trinajstić information content (AvgIpc) is 3.36. The summed E-state index contributed by atoms with van der Waals surface area (Å²) in [5.41, 5.74) is 0.347. The van der Waals surface area contributed by atoms with Crippen LogP contribution in [0.5, 0.6) is 5.75 Å². The highest BCUT2D eigenvalue weighted by molar-refractivity contribution is 5.91. The van der Waals surface area contributed by atoms with Gasteiger partial charge in [0.25, 0.3) is 0 Å². The third-order valence-corrected chi connectivity index (χ3v) is 7.39. The second kappa shape index (κ2) is 11.2. The van der Waals surface area contributed by atoms with Crippen molar-refractivity contribution in [2.45, 2.75) is 56.6 Å². The molecule has 196 valence electrons. The van der Waals surface area contributed by atoms with Gasteiger partial charge in [-0.15, -0.1) is 6.58 Å². The van der Waals surface area contributed by atoms with Gasteiger partial charge in [-0.2, -0.15) is 0 Å². The minimum Gasteiger partial charge on any atom is -0.472 e. The number of ether oxygens (including phenoxy) is 2. The number of carbonyl (C=O) groups excluding carboxylic acids is 3. The zero-order chi connectivity index (χ0) is 26.5. The van der Waals surface area contributed by atoms with Crippen LogP contribution >= 0.6 is 0 Å². The van der Waals surface area contributed by atoms with Crippen molar-refractivity contribution in [2.75, 3.05) is 19.6 Å². The topological polar surface area (TPSA) is 98.1 Å². The fourth-order valence-electron chi connectivity index (χ4n) is 5.96. The molecular formula is C29H34N2O6. The third-order valence-electron chi connectivity index (χ3n) is 7.39. The molecule has 2 aromatic rings. The Balaban J connectivity index is 1.69. The van der Waals surface area contributed by atoms with Crippen LogP contribution in [0.4, 0.5) is 0 Å². The van der Waals surface area contributed by atoms with Gasteiger partial charge in [0.05, 0.1) is 12.5 Å². The van der Waals surface area contributed by atoms with Gasteiger partial charge in [-0.1, -0.05) is 18.2 Å². The number of likely N-dealkylation sites (tertiary alicyclic amines) is 1. The van der Waals surface area contributed by atoms with Gasteiger partial charge in [0.2, 0.25) is 5.91 Å². The molecule has 2 aliphatic rings. The molecule has 1 aliphatic carbocycles. The molecule has 8 heteroatoms. The predicted molar refractivity (Wildman–Crippen MR) is 139 cm³/mol. The lowest BCUT2D eigenvalue weighted by Gasteiger charge is -2.59. The maximum Gasteiger partial charge on any atom is 0.308 e. The van der Waals surface area contributed by atoms with Crippen LogP contribution in [0, 0.1) is 0 Å². The van der Waals surface area contributed by atoms with Gasteiger partial charge >= 0.3 is 11.9 Å². The van der Waals surface area contributed by atoms with Crippen molar-refractivity contribution in [3.05, 3.63) is 72.7 Å². The maximum absolute atomic E-state index is 12.8. The van der Waals surface area contributed by atoms with E-state index in [1.807, 2.05) is 24.3 Å². The number of hydrogen-bond acceptors (Lipinski definition) is 7. The monoisotopic (exact) mass is 506 g/mol. The first-order valence-corrected chi connectivity index (χ1v) is 12.6. The van der Waals surface area contributed by atoms with Gasteiger partial charge in [-0.05, 0) is 62.1 Å². The summed E-state index contributed by atoms with van der Waals surface area (Å²) in [6.45, 7) is 8.70. The van der Waals surface area contributed by atoms with Crippen LogP contribution in [-0.2, 0) is 24.5 Å². The highest BCUT2D eigenvalue weighted by Gasteiger charge is 2.60. The molecule has 1 saturated carbocycles. The summed E-state index contributed by atoms with van der Waals surface area (Å²) in [6.07, 6.45) is 10.7. The second-order valence-electron chi connectivity index (χ2n) is 9.90. The molecule has 0 bridgehead atoms. The number of hydrogen-bond donors (Lipinski definition) is 1. The molecule has 0 spiro atoms. The van der Waals surface area contributed by atoms with Gasteiger partial charge < -0.3 is 19.2 Å². The van der Waals surface area contributed by atoms with Crippen LogP contribution in [0.2, 0.25) is 0 Å². The van der Waals surface area contributed by atoms with E-state index in [0.29, 0.717) is 44.5 Å². The van der Waals surface area contributed by atoms with Crippen LogP contribution in [-0.4, -0.2) is 54.0 Å². The number of benzene rings is 1. The molecule has 1 aromatic heterocycles. The lowest BCUT2D eigenvalue weighted by Crippen LogP contribution is -2.68. The summed E-state index contributed by atoms with van der Waals surface area (Å²) >= 11 is 0. The first kappa shape index (κ1) is 26.4. The Kier molecular flexibility index (Phi) is 7.97. The minimum atomic E-state index is -0.803. The number of nitrogens with one attached hydrogen (secondary N) is 1. The second-order valence-corrected chi connectivity index (χ2v) is 9.90. The highest BCUT2D eigenvalue weighted by atomic mass is 16.6. The fourth-order valence-corrected chi connectivity index (χ4v) is 5.96. The van der Waals surface area contributed by atoms with Crippen molar-refractivity contribution in [3.8, 4) is 5.75 Å². The van der Waals surface area contributed by atoms with Gasteiger partial charge in [0.15, 0.2) is 0 Å². The van der Waals surface area contributed by atoms with Crippen LogP contribution in [0.15, 0.2) is 66.0 Å². The number of carbonyl (C=O) groups is 3. The molecule has 4 rings (SSSR count). The van der Waals surface area contributed by atoms with Crippen LogP contribution in [0.3, 0.4) is 0 Å². The van der Waals surface area contributed by atoms with Crippen LogP contribution < -0.4 is 10.1 Å². The van der Waals surface area contributed by atoms with Gasteiger partial charge in [0, 0.05) is 50.0 Å². The predicted octanol–water partition coefficient (Wildman–Crippen LogP) is 4.02. The largest absolute Gasteiger partial charge is 0.472 e. The van der Waals surface area contributed by atoms with Crippen LogP contribution in [0.25, 0.3) is 6.08 Å². The van der Waals surface area contributed by atoms with E-state index < -0.39 is 17.0 Å². The molecule has 1 aliphatic heterocycles. The van der Waals surface area contributed by atoms with E-state index in [1.165, 1.54) is 19.9 Å². The minimum absolute atomic E-state index is 0.131. The molecule has 3 atom stereocenters. The van der Waals surface area contributed by atoms with Crippen molar-refractivity contribution in [1.29, 1.82) is 0 Å². The Bertz CT molecular complexity index is 1170. The summed E-state index contributed by atoms with van der Waals surface area (Å²) in [4.78, 5) is 39.1. The quantitative estimate of drug-likeness (QED) is 0.250. The molecule has 2 heterocycles. The Morgan fingerprint density at radius 3 is 2.76 bits per heavy atom. The van der Waals surface area contributed by atoms with Crippen molar-refractivity contribution in [1.82, 2.24) is 10.2 Å². The fraction of sp³-hybridized carbons (Fsp3) is 0.414. The van der Waals surface area contributed by atoms with Gasteiger partial charge in [-0.25, -0.2) is 0 Å². The van der Waals surface area contributed by atoms with E-state index in [1.54, 1.807) is 30.7 Å². The van der Waals surface area contributed by atoms with E-state index >= 15 is 0 Å². The van der Waals surface area contributed by atoms with Crippen molar-refractivity contribution in [3.63, 3.8) is 0 Å². The molecule has 1 saturated heterocycles. The smallest absolute Gasteiger partial charge is 0.308 e.